The van der Waals surface area contributed by atoms with Crippen molar-refractivity contribution in [2.24, 2.45) is 7.05 Å². The van der Waals surface area contributed by atoms with E-state index in [1.807, 2.05) is 35.9 Å². The molecule has 1 aromatic heterocycles. The van der Waals surface area contributed by atoms with Gasteiger partial charge in [-0.3, -0.25) is 10.1 Å². The molecule has 0 saturated heterocycles. The molecule has 2 rings (SSSR count). The second-order valence-corrected chi connectivity index (χ2v) is 3.57. The summed E-state index contributed by atoms with van der Waals surface area (Å²) in [6.07, 6.45) is 0. The van der Waals surface area contributed by atoms with E-state index in [1.54, 1.807) is 0 Å². The van der Waals surface area contributed by atoms with Gasteiger partial charge < -0.3 is 9.67 Å². The van der Waals surface area contributed by atoms with Crippen molar-refractivity contribution in [1.29, 1.82) is 0 Å². The summed E-state index contributed by atoms with van der Waals surface area (Å²) >= 11 is 0. The first-order valence-electron chi connectivity index (χ1n) is 5.01. The van der Waals surface area contributed by atoms with Gasteiger partial charge in [0.1, 0.15) is 5.82 Å². The highest BCUT2D eigenvalue weighted by molar-refractivity contribution is 5.75. The van der Waals surface area contributed by atoms with Gasteiger partial charge in [0.2, 0.25) is 0 Å². The van der Waals surface area contributed by atoms with Crippen LogP contribution in [0, 0.1) is 0 Å². The Morgan fingerprint density at radius 1 is 1.50 bits per heavy atom. The lowest BCUT2D eigenvalue weighted by Crippen LogP contribution is -2.23. The Hall–Kier alpha value is -1.88. The lowest BCUT2D eigenvalue weighted by molar-refractivity contribution is -0.136. The number of rotatable bonds is 4. The summed E-state index contributed by atoms with van der Waals surface area (Å²) in [4.78, 5) is 14.8. The van der Waals surface area contributed by atoms with Crippen LogP contribution in [0.3, 0.4) is 0 Å². The number of para-hydroxylation sites is 2. The topological polar surface area (TPSA) is 67.2 Å². The fraction of sp³-hybridized carbons (Fsp3) is 0.273. The Morgan fingerprint density at radius 2 is 2.25 bits per heavy atom. The average molecular weight is 219 g/mol. The zero-order valence-corrected chi connectivity index (χ0v) is 8.97. The van der Waals surface area contributed by atoms with Crippen molar-refractivity contribution >= 4 is 17.0 Å². The summed E-state index contributed by atoms with van der Waals surface area (Å²) in [6.45, 7) is 0.403. The Kier molecular flexibility index (Phi) is 2.87. The SMILES string of the molecule is Cn1c(CNCC(=O)O)nc2ccccc21. The molecule has 0 radical (unpaired) electrons. The molecule has 0 amide bonds. The van der Waals surface area contributed by atoms with Crippen molar-refractivity contribution in [3.8, 4) is 0 Å². The van der Waals surface area contributed by atoms with Gasteiger partial charge >= 0.3 is 5.97 Å². The molecule has 1 aromatic carbocycles. The Balaban J connectivity index is 2.18. The second kappa shape index (κ2) is 4.32. The second-order valence-electron chi connectivity index (χ2n) is 3.57. The molecule has 5 nitrogen and oxygen atoms in total. The molecule has 84 valence electrons. The highest BCUT2D eigenvalue weighted by atomic mass is 16.4. The summed E-state index contributed by atoms with van der Waals surface area (Å²) in [7, 11) is 1.92. The van der Waals surface area contributed by atoms with Crippen LogP contribution in [0.1, 0.15) is 5.82 Å². The molecule has 2 N–H and O–H groups in total. The third-order valence-corrected chi connectivity index (χ3v) is 2.44. The van der Waals surface area contributed by atoms with Crippen LogP contribution in [-0.4, -0.2) is 27.2 Å². The number of benzene rings is 1. The molecule has 0 unspecified atom stereocenters. The largest absolute Gasteiger partial charge is 0.480 e. The maximum atomic E-state index is 10.4. The zero-order valence-electron chi connectivity index (χ0n) is 8.97. The van der Waals surface area contributed by atoms with Gasteiger partial charge in [-0.05, 0) is 12.1 Å². The van der Waals surface area contributed by atoms with Crippen molar-refractivity contribution in [3.05, 3.63) is 30.1 Å². The zero-order chi connectivity index (χ0) is 11.5. The maximum absolute atomic E-state index is 10.4. The fourth-order valence-corrected chi connectivity index (χ4v) is 1.63. The van der Waals surface area contributed by atoms with Crippen molar-refractivity contribution in [1.82, 2.24) is 14.9 Å². The van der Waals surface area contributed by atoms with Gasteiger partial charge in [0.15, 0.2) is 0 Å². The Morgan fingerprint density at radius 3 is 2.94 bits per heavy atom. The minimum atomic E-state index is -0.862. The van der Waals surface area contributed by atoms with E-state index in [1.165, 1.54) is 0 Å². The molecule has 0 fully saturated rings. The third-order valence-electron chi connectivity index (χ3n) is 2.44. The average Bonchev–Trinajstić information content (AvgIpc) is 2.56. The standard InChI is InChI=1S/C11H13N3O2/c1-14-9-5-3-2-4-8(9)13-10(14)6-12-7-11(15)16/h2-5,12H,6-7H2,1H3,(H,15,16). The maximum Gasteiger partial charge on any atom is 0.317 e. The van der Waals surface area contributed by atoms with Crippen LogP contribution >= 0.6 is 0 Å². The van der Waals surface area contributed by atoms with Crippen LogP contribution in [0.15, 0.2) is 24.3 Å². The van der Waals surface area contributed by atoms with Crippen LogP contribution < -0.4 is 5.32 Å². The Labute approximate surface area is 92.7 Å². The first-order chi connectivity index (χ1) is 7.68. The molecule has 2 aromatic rings. The number of hydrogen-bond donors (Lipinski definition) is 2. The predicted molar refractivity (Wildman–Crippen MR) is 60.1 cm³/mol. The van der Waals surface area contributed by atoms with E-state index in [4.69, 9.17) is 5.11 Å². The number of carboxylic acids is 1. The van der Waals surface area contributed by atoms with Gasteiger partial charge in [0, 0.05) is 7.05 Å². The van der Waals surface area contributed by atoms with E-state index in [9.17, 15) is 4.79 Å². The summed E-state index contributed by atoms with van der Waals surface area (Å²) in [5.41, 5.74) is 1.98. The molecule has 0 bridgehead atoms. The minimum Gasteiger partial charge on any atom is -0.480 e. The number of nitrogens with zero attached hydrogens (tertiary/aromatic N) is 2. The summed E-state index contributed by atoms with van der Waals surface area (Å²) < 4.78 is 1.96. The molecule has 0 atom stereocenters. The van der Waals surface area contributed by atoms with Crippen molar-refractivity contribution in [2.45, 2.75) is 6.54 Å². The molecule has 0 aliphatic carbocycles. The van der Waals surface area contributed by atoms with E-state index in [-0.39, 0.29) is 6.54 Å². The molecule has 5 heteroatoms. The number of aromatic nitrogens is 2. The summed E-state index contributed by atoms with van der Waals surface area (Å²) in [6, 6.07) is 7.82. The van der Waals surface area contributed by atoms with Crippen LogP contribution in [-0.2, 0) is 18.4 Å². The monoisotopic (exact) mass is 219 g/mol. The first kappa shape index (κ1) is 10.6. The van der Waals surface area contributed by atoms with E-state index < -0.39 is 5.97 Å². The smallest absolute Gasteiger partial charge is 0.317 e. The number of aryl methyl sites for hydroxylation is 1. The van der Waals surface area contributed by atoms with Gasteiger partial charge in [-0.1, -0.05) is 12.1 Å². The lowest BCUT2D eigenvalue weighted by atomic mass is 10.3. The molecule has 0 spiro atoms. The van der Waals surface area contributed by atoms with Crippen LogP contribution in [0.25, 0.3) is 11.0 Å². The molecule has 0 saturated carbocycles. The Bertz CT molecular complexity index is 519. The van der Waals surface area contributed by atoms with E-state index >= 15 is 0 Å². The van der Waals surface area contributed by atoms with Gasteiger partial charge in [-0.2, -0.15) is 0 Å². The van der Waals surface area contributed by atoms with Crippen LogP contribution in [0.2, 0.25) is 0 Å². The fourth-order valence-electron chi connectivity index (χ4n) is 1.63. The molecular weight excluding hydrogens is 206 g/mol. The number of hydrogen-bond acceptors (Lipinski definition) is 3. The van der Waals surface area contributed by atoms with E-state index in [0.29, 0.717) is 6.54 Å². The molecule has 1 heterocycles. The number of carbonyl (C=O) groups is 1. The van der Waals surface area contributed by atoms with Gasteiger partial charge in [0.25, 0.3) is 0 Å². The normalized spacial score (nSPS) is 10.8. The number of carboxylic acid groups (broad SMARTS) is 1. The number of nitrogens with one attached hydrogen (secondary N) is 1. The molecule has 0 aliphatic rings. The highest BCUT2D eigenvalue weighted by Crippen LogP contribution is 2.13. The van der Waals surface area contributed by atoms with Gasteiger partial charge in [0.05, 0.1) is 24.1 Å². The van der Waals surface area contributed by atoms with Crippen molar-refractivity contribution in [3.63, 3.8) is 0 Å². The summed E-state index contributed by atoms with van der Waals surface area (Å²) in [5, 5.41) is 11.3. The quantitative estimate of drug-likeness (QED) is 0.796. The van der Waals surface area contributed by atoms with Crippen LogP contribution in [0.5, 0.6) is 0 Å². The third kappa shape index (κ3) is 2.04. The van der Waals surface area contributed by atoms with E-state index in [0.717, 1.165) is 16.9 Å². The van der Waals surface area contributed by atoms with Crippen LogP contribution in [0.4, 0.5) is 0 Å². The minimum absolute atomic E-state index is 0.0524. The van der Waals surface area contributed by atoms with Crippen molar-refractivity contribution in [2.75, 3.05) is 6.54 Å². The van der Waals surface area contributed by atoms with Gasteiger partial charge in [-0.15, -0.1) is 0 Å². The lowest BCUT2D eigenvalue weighted by Gasteiger charge is -2.02. The molecular formula is C11H13N3O2. The highest BCUT2D eigenvalue weighted by Gasteiger charge is 2.06. The predicted octanol–water partition coefficient (Wildman–Crippen LogP) is 0.747. The number of aliphatic carboxylic acids is 1. The molecule has 0 aliphatic heterocycles. The summed E-state index contributed by atoms with van der Waals surface area (Å²) in [5.74, 6) is -0.0267. The van der Waals surface area contributed by atoms with Gasteiger partial charge in [-0.25, -0.2) is 4.98 Å². The first-order valence-corrected chi connectivity index (χ1v) is 5.01. The number of imidazole rings is 1. The molecule has 16 heavy (non-hydrogen) atoms. The number of fused-ring (bicyclic) bond motifs is 1. The van der Waals surface area contributed by atoms with E-state index in [2.05, 4.69) is 10.3 Å². The van der Waals surface area contributed by atoms with Crippen molar-refractivity contribution < 1.29 is 9.90 Å².